The van der Waals surface area contributed by atoms with Crippen molar-refractivity contribution in [1.29, 1.82) is 0 Å². The molecule has 17 heavy (non-hydrogen) atoms. The minimum Gasteiger partial charge on any atom is -0.468 e. The number of hydrogen-bond donors (Lipinski definition) is 0. The smallest absolute Gasteiger partial charge is 0.188 e. The third-order valence-corrected chi connectivity index (χ3v) is 2.43. The van der Waals surface area contributed by atoms with Gasteiger partial charge in [-0.3, -0.25) is 4.79 Å². The zero-order valence-corrected chi connectivity index (χ0v) is 11.2. The molecule has 0 aliphatic heterocycles. The molecule has 0 bridgehead atoms. The fourth-order valence-electron chi connectivity index (χ4n) is 1.16. The van der Waals surface area contributed by atoms with Crippen LogP contribution in [-0.2, 0) is 9.47 Å². The van der Waals surface area contributed by atoms with Crippen LogP contribution in [0.3, 0.4) is 0 Å². The number of carbonyl (C=O) groups excluding carboxylic acids is 1. The zero-order valence-electron chi connectivity index (χ0n) is 9.57. The van der Waals surface area contributed by atoms with E-state index in [9.17, 15) is 4.79 Å². The van der Waals surface area contributed by atoms with Crippen molar-refractivity contribution in [2.45, 2.75) is 0 Å². The molecule has 0 aromatic heterocycles. The molecule has 1 aromatic rings. The summed E-state index contributed by atoms with van der Waals surface area (Å²) in [5, 5.41) is 0. The van der Waals surface area contributed by atoms with E-state index in [1.165, 1.54) is 14.2 Å². The Morgan fingerprint density at radius 3 is 2.41 bits per heavy atom. The molecule has 0 fully saturated rings. The Bertz CT molecular complexity index is 380. The molecule has 0 N–H and O–H groups in total. The third kappa shape index (κ3) is 3.99. The highest BCUT2D eigenvalue weighted by molar-refractivity contribution is 9.10. The van der Waals surface area contributed by atoms with Crippen molar-refractivity contribution in [1.82, 2.24) is 0 Å². The van der Waals surface area contributed by atoms with E-state index in [-0.39, 0.29) is 13.6 Å². The number of hydrogen-bond acceptors (Lipinski definition) is 5. The first kappa shape index (κ1) is 14.0. The molecule has 0 amide bonds. The Hall–Kier alpha value is -1.11. The molecule has 0 aliphatic rings. The molecule has 6 heteroatoms. The highest BCUT2D eigenvalue weighted by atomic mass is 79.9. The highest BCUT2D eigenvalue weighted by Gasteiger charge is 2.11. The van der Waals surface area contributed by atoms with Crippen molar-refractivity contribution in [2.75, 3.05) is 27.8 Å². The van der Waals surface area contributed by atoms with Gasteiger partial charge in [-0.25, -0.2) is 0 Å². The Morgan fingerprint density at radius 1 is 1.18 bits per heavy atom. The summed E-state index contributed by atoms with van der Waals surface area (Å²) in [6, 6.07) is 3.26. The normalized spacial score (nSPS) is 10.1. The Balaban J connectivity index is 2.94. The molecule has 1 aromatic carbocycles. The van der Waals surface area contributed by atoms with E-state index < -0.39 is 0 Å². The minimum atomic E-state index is 0.0672. The number of carbonyl (C=O) groups is 1. The average Bonchev–Trinajstić information content (AvgIpc) is 2.34. The van der Waals surface area contributed by atoms with E-state index in [1.54, 1.807) is 12.1 Å². The van der Waals surface area contributed by atoms with Crippen molar-refractivity contribution in [3.63, 3.8) is 0 Å². The lowest BCUT2D eigenvalue weighted by Crippen LogP contribution is -2.04. The van der Waals surface area contributed by atoms with E-state index in [4.69, 9.17) is 18.9 Å². The maximum absolute atomic E-state index is 10.9. The lowest BCUT2D eigenvalue weighted by molar-refractivity contribution is 0.0473. The van der Waals surface area contributed by atoms with Gasteiger partial charge in [0.2, 0.25) is 0 Å². The average molecular weight is 305 g/mol. The first-order valence-electron chi connectivity index (χ1n) is 4.75. The van der Waals surface area contributed by atoms with E-state index >= 15 is 0 Å². The molecule has 1 rings (SSSR count). The Labute approximate surface area is 108 Å². The van der Waals surface area contributed by atoms with Crippen molar-refractivity contribution in [3.05, 3.63) is 22.2 Å². The SMILES string of the molecule is COCOc1cc(Br)c(OCOC)c(C=O)c1. The van der Waals surface area contributed by atoms with Crippen LogP contribution in [-0.4, -0.2) is 34.1 Å². The fraction of sp³-hybridized carbons (Fsp3) is 0.364. The van der Waals surface area contributed by atoms with Gasteiger partial charge in [0.15, 0.2) is 19.9 Å². The second-order valence-corrected chi connectivity index (χ2v) is 3.90. The van der Waals surface area contributed by atoms with Gasteiger partial charge in [0.25, 0.3) is 0 Å². The quantitative estimate of drug-likeness (QED) is 0.571. The second kappa shape index (κ2) is 7.26. The number of methoxy groups -OCH3 is 2. The molecule has 0 saturated heterocycles. The van der Waals surface area contributed by atoms with Gasteiger partial charge in [0.05, 0.1) is 10.0 Å². The summed E-state index contributed by atoms with van der Waals surface area (Å²) in [4.78, 5) is 10.9. The fourth-order valence-corrected chi connectivity index (χ4v) is 1.73. The number of halogens is 1. The standard InChI is InChI=1S/C11H13BrO5/c1-14-6-16-9-3-8(5-13)11(10(12)4-9)17-7-15-2/h3-5H,6-7H2,1-2H3. The summed E-state index contributed by atoms with van der Waals surface area (Å²) in [6.45, 7) is 0.181. The Kier molecular flexibility index (Phi) is 5.96. The summed E-state index contributed by atoms with van der Waals surface area (Å²) >= 11 is 3.30. The van der Waals surface area contributed by atoms with Gasteiger partial charge in [0.1, 0.15) is 11.5 Å². The number of benzene rings is 1. The van der Waals surface area contributed by atoms with Crippen LogP contribution in [0, 0.1) is 0 Å². The minimum absolute atomic E-state index is 0.0672. The third-order valence-electron chi connectivity index (χ3n) is 1.84. The van der Waals surface area contributed by atoms with E-state index in [2.05, 4.69) is 15.9 Å². The maximum atomic E-state index is 10.9. The first-order chi connectivity index (χ1) is 8.22. The van der Waals surface area contributed by atoms with Crippen molar-refractivity contribution >= 4 is 22.2 Å². The van der Waals surface area contributed by atoms with Gasteiger partial charge < -0.3 is 18.9 Å². The largest absolute Gasteiger partial charge is 0.468 e. The van der Waals surface area contributed by atoms with Crippen LogP contribution in [0.1, 0.15) is 10.4 Å². The predicted molar refractivity (Wildman–Crippen MR) is 64.5 cm³/mol. The molecule has 94 valence electrons. The lowest BCUT2D eigenvalue weighted by atomic mass is 10.2. The van der Waals surface area contributed by atoms with Crippen LogP contribution in [0.2, 0.25) is 0 Å². The predicted octanol–water partition coefficient (Wildman–Crippen LogP) is 2.23. The van der Waals surface area contributed by atoms with Gasteiger partial charge in [-0.05, 0) is 28.1 Å². The maximum Gasteiger partial charge on any atom is 0.188 e. The zero-order chi connectivity index (χ0) is 12.7. The van der Waals surface area contributed by atoms with Gasteiger partial charge >= 0.3 is 0 Å². The molecule has 5 nitrogen and oxygen atoms in total. The summed E-state index contributed by atoms with van der Waals surface area (Å²) in [6.07, 6.45) is 0.690. The van der Waals surface area contributed by atoms with Crippen LogP contribution >= 0.6 is 15.9 Å². The molecular weight excluding hydrogens is 292 g/mol. The van der Waals surface area contributed by atoms with Crippen LogP contribution in [0.15, 0.2) is 16.6 Å². The molecule has 0 spiro atoms. The summed E-state index contributed by atoms with van der Waals surface area (Å²) in [5.41, 5.74) is 0.377. The van der Waals surface area contributed by atoms with Crippen LogP contribution in [0.5, 0.6) is 11.5 Å². The van der Waals surface area contributed by atoms with Crippen molar-refractivity contribution in [2.24, 2.45) is 0 Å². The van der Waals surface area contributed by atoms with Crippen LogP contribution in [0.25, 0.3) is 0 Å². The van der Waals surface area contributed by atoms with Crippen LogP contribution in [0.4, 0.5) is 0 Å². The summed E-state index contributed by atoms with van der Waals surface area (Å²) in [5.74, 6) is 0.942. The lowest BCUT2D eigenvalue weighted by Gasteiger charge is -2.12. The van der Waals surface area contributed by atoms with Crippen molar-refractivity contribution in [3.8, 4) is 11.5 Å². The number of ether oxygens (including phenoxy) is 4. The van der Waals surface area contributed by atoms with Crippen LogP contribution < -0.4 is 9.47 Å². The number of aldehydes is 1. The first-order valence-corrected chi connectivity index (χ1v) is 5.54. The highest BCUT2D eigenvalue weighted by Crippen LogP contribution is 2.33. The van der Waals surface area contributed by atoms with E-state index in [0.29, 0.717) is 27.8 Å². The van der Waals surface area contributed by atoms with Crippen molar-refractivity contribution < 1.29 is 23.7 Å². The molecule has 0 radical (unpaired) electrons. The molecule has 0 saturated carbocycles. The van der Waals surface area contributed by atoms with E-state index in [0.717, 1.165) is 0 Å². The van der Waals surface area contributed by atoms with Gasteiger partial charge in [-0.15, -0.1) is 0 Å². The monoisotopic (exact) mass is 304 g/mol. The van der Waals surface area contributed by atoms with E-state index in [1.807, 2.05) is 0 Å². The summed E-state index contributed by atoms with van der Waals surface area (Å²) < 4.78 is 20.7. The Morgan fingerprint density at radius 2 is 1.82 bits per heavy atom. The number of rotatable bonds is 7. The summed E-state index contributed by atoms with van der Waals surface area (Å²) in [7, 11) is 3.02. The molecule has 0 unspecified atom stereocenters. The topological polar surface area (TPSA) is 54.0 Å². The second-order valence-electron chi connectivity index (χ2n) is 3.04. The van der Waals surface area contributed by atoms with Gasteiger partial charge in [-0.1, -0.05) is 0 Å². The molecule has 0 aliphatic carbocycles. The molecule has 0 heterocycles. The van der Waals surface area contributed by atoms with Gasteiger partial charge in [-0.2, -0.15) is 0 Å². The molecule has 0 atom stereocenters. The van der Waals surface area contributed by atoms with Gasteiger partial charge in [0, 0.05) is 14.2 Å². The molecular formula is C11H13BrO5.